The zero-order valence-corrected chi connectivity index (χ0v) is 21.6. The highest BCUT2D eigenvalue weighted by molar-refractivity contribution is 5.97. The number of halogens is 3. The molecule has 2 heterocycles. The van der Waals surface area contributed by atoms with E-state index in [0.29, 0.717) is 13.0 Å². The van der Waals surface area contributed by atoms with Crippen molar-refractivity contribution in [3.8, 4) is 6.07 Å². The summed E-state index contributed by atoms with van der Waals surface area (Å²) in [5.74, 6) is -4.72. The van der Waals surface area contributed by atoms with Crippen LogP contribution in [0.15, 0.2) is 29.4 Å². The summed E-state index contributed by atoms with van der Waals surface area (Å²) >= 11 is 0. The van der Waals surface area contributed by atoms with Gasteiger partial charge in [0.2, 0.25) is 17.7 Å². The van der Waals surface area contributed by atoms with Crippen molar-refractivity contribution < 1.29 is 32.3 Å². The van der Waals surface area contributed by atoms with Crippen molar-refractivity contribution in [2.24, 2.45) is 33.9 Å². The summed E-state index contributed by atoms with van der Waals surface area (Å²) in [6.07, 6.45) is -0.966. The first kappa shape index (κ1) is 29.7. The third-order valence-corrected chi connectivity index (χ3v) is 7.74. The van der Waals surface area contributed by atoms with E-state index in [2.05, 4.69) is 22.2 Å². The zero-order valence-electron chi connectivity index (χ0n) is 21.6. The summed E-state index contributed by atoms with van der Waals surface area (Å²) in [6.45, 7) is 7.91. The van der Waals surface area contributed by atoms with Crippen LogP contribution in [0.4, 0.5) is 13.2 Å². The van der Waals surface area contributed by atoms with Gasteiger partial charge in [-0.3, -0.25) is 24.2 Å². The maximum atomic E-state index is 13.5. The van der Waals surface area contributed by atoms with Crippen LogP contribution in [-0.2, 0) is 19.2 Å². The molecule has 0 aromatic rings. The second-order valence-corrected chi connectivity index (χ2v) is 10.5. The predicted octanol–water partition coefficient (Wildman–Crippen LogP) is 0.150. The molecule has 2 aliphatic heterocycles. The van der Waals surface area contributed by atoms with Gasteiger partial charge in [0.15, 0.2) is 0 Å². The van der Waals surface area contributed by atoms with Crippen LogP contribution in [0, 0.1) is 34.5 Å². The Kier molecular flexibility index (Phi) is 8.72. The minimum atomic E-state index is -5.22. The average molecular weight is 552 g/mol. The highest BCUT2D eigenvalue weighted by Crippen LogP contribution is 2.65. The number of carbonyl (C=O) groups is 4. The predicted molar refractivity (Wildman–Crippen MR) is 133 cm³/mol. The minimum Gasteiger partial charge on any atom is -0.405 e. The number of nitrogens with two attached hydrogens (primary N) is 1. The molecule has 0 unspecified atom stereocenters. The highest BCUT2D eigenvalue weighted by atomic mass is 19.4. The number of hydrogen-bond donors (Lipinski definition) is 4. The third kappa shape index (κ3) is 6.40. The van der Waals surface area contributed by atoms with Crippen LogP contribution in [0.1, 0.15) is 26.7 Å². The van der Waals surface area contributed by atoms with Crippen molar-refractivity contribution in [2.45, 2.75) is 51.0 Å². The molecule has 0 aromatic carbocycles. The number of amides is 4. The van der Waals surface area contributed by atoms with Crippen LogP contribution in [-0.4, -0.2) is 78.7 Å². The van der Waals surface area contributed by atoms with Crippen molar-refractivity contribution >= 4 is 29.8 Å². The molecular formula is C25H32F3N7O4. The number of alkyl halides is 3. The van der Waals surface area contributed by atoms with Gasteiger partial charge in [-0.15, -0.1) is 0 Å². The van der Waals surface area contributed by atoms with E-state index in [4.69, 9.17) is 5.73 Å². The van der Waals surface area contributed by atoms with Gasteiger partial charge in [0.1, 0.15) is 12.1 Å². The van der Waals surface area contributed by atoms with Gasteiger partial charge >= 0.3 is 12.1 Å². The Hall–Kier alpha value is -3.89. The Morgan fingerprint density at radius 2 is 2.05 bits per heavy atom. The van der Waals surface area contributed by atoms with E-state index in [9.17, 15) is 37.6 Å². The fourth-order valence-corrected chi connectivity index (χ4v) is 5.50. The Labute approximate surface area is 223 Å². The van der Waals surface area contributed by atoms with E-state index >= 15 is 0 Å². The molecule has 3 fully saturated rings. The summed E-state index contributed by atoms with van der Waals surface area (Å²) in [6, 6.07) is -1.55. The number of carbonyl (C=O) groups excluding carboxylic acids is 4. The first-order valence-electron chi connectivity index (χ1n) is 12.5. The number of piperidine rings is 1. The Morgan fingerprint density at radius 3 is 2.62 bits per heavy atom. The number of aliphatic imine (C=N–C) groups is 1. The molecular weight excluding hydrogens is 519 g/mol. The molecule has 0 bridgehead atoms. The molecule has 1 saturated carbocycles. The number of nitrogens with zero attached hydrogens (tertiary/aromatic N) is 3. The molecule has 1 aliphatic carbocycles. The van der Waals surface area contributed by atoms with Crippen molar-refractivity contribution in [2.75, 3.05) is 19.6 Å². The van der Waals surface area contributed by atoms with Gasteiger partial charge in [-0.2, -0.15) is 18.4 Å². The molecule has 212 valence electrons. The van der Waals surface area contributed by atoms with Crippen LogP contribution in [0.25, 0.3) is 0 Å². The summed E-state index contributed by atoms with van der Waals surface area (Å²) in [5.41, 5.74) is 4.91. The number of rotatable bonds is 10. The molecule has 11 nitrogen and oxygen atoms in total. The van der Waals surface area contributed by atoms with Gasteiger partial charge in [0, 0.05) is 30.8 Å². The first-order chi connectivity index (χ1) is 18.2. The van der Waals surface area contributed by atoms with E-state index in [1.807, 2.05) is 19.9 Å². The standard InChI is InChI=1S/C25H32F3N7O4/c1-13(20(36)33-15(10-30)9-14-5-8-32-21(14)37)19-18-16(24(18,2)3)12-35(19)22(38)17(11-31-7-4-6-29)34-23(39)25(26,27)28/h4,6-7,14-19H,1,5,8-9,11-12,29H2,2-3H3,(H,32,37)(H,33,36)(H,34,39)/t14-,15-,16-,17-,18-,19+/m0/s1. The van der Waals surface area contributed by atoms with Crippen LogP contribution < -0.4 is 21.7 Å². The molecule has 14 heteroatoms. The number of nitrogens with one attached hydrogen (secondary N) is 3. The molecule has 0 spiro atoms. The lowest BCUT2D eigenvalue weighted by Gasteiger charge is -2.34. The monoisotopic (exact) mass is 551 g/mol. The highest BCUT2D eigenvalue weighted by Gasteiger charge is 2.68. The van der Waals surface area contributed by atoms with E-state index in [-0.39, 0.29) is 41.7 Å². The number of nitriles is 1. The molecule has 5 N–H and O–H groups in total. The second kappa shape index (κ2) is 11.5. The maximum absolute atomic E-state index is 13.5. The number of likely N-dealkylation sites (tertiary alicyclic amines) is 1. The van der Waals surface area contributed by atoms with Crippen molar-refractivity contribution in [1.29, 1.82) is 5.26 Å². The quantitative estimate of drug-likeness (QED) is 0.223. The summed E-state index contributed by atoms with van der Waals surface area (Å²) in [4.78, 5) is 55.3. The van der Waals surface area contributed by atoms with Gasteiger partial charge in [-0.1, -0.05) is 20.4 Å². The smallest absolute Gasteiger partial charge is 0.405 e. The SMILES string of the molecule is C=C(C(=O)N[C@H](C#N)C[C@@H]1CCNC1=O)[C@@H]1[C@@H]2[C@H](CN1C(=O)[C@H](CN=CC=CN)NC(=O)C(F)(F)F)C2(C)C. The number of hydrogen-bond acceptors (Lipinski definition) is 7. The van der Waals surface area contributed by atoms with Crippen LogP contribution in [0.5, 0.6) is 0 Å². The normalized spacial score (nSPS) is 27.0. The molecule has 3 rings (SSSR count). The van der Waals surface area contributed by atoms with Gasteiger partial charge in [-0.05, 0) is 42.4 Å². The van der Waals surface area contributed by atoms with Crippen LogP contribution in [0.3, 0.4) is 0 Å². The molecule has 39 heavy (non-hydrogen) atoms. The minimum absolute atomic E-state index is 0.0342. The molecule has 0 radical (unpaired) electrons. The first-order valence-corrected chi connectivity index (χ1v) is 12.5. The Morgan fingerprint density at radius 1 is 1.36 bits per heavy atom. The van der Waals surface area contributed by atoms with Crippen molar-refractivity contribution in [3.63, 3.8) is 0 Å². The van der Waals surface area contributed by atoms with Gasteiger partial charge in [0.05, 0.1) is 18.7 Å². The van der Waals surface area contributed by atoms with Gasteiger partial charge < -0.3 is 26.6 Å². The molecule has 6 atom stereocenters. The molecule has 3 aliphatic rings. The summed E-state index contributed by atoms with van der Waals surface area (Å²) in [5, 5.41) is 16.5. The summed E-state index contributed by atoms with van der Waals surface area (Å²) < 4.78 is 38.9. The van der Waals surface area contributed by atoms with E-state index in [1.165, 1.54) is 17.2 Å². The van der Waals surface area contributed by atoms with Crippen molar-refractivity contribution in [3.05, 3.63) is 24.4 Å². The second-order valence-electron chi connectivity index (χ2n) is 10.5. The maximum Gasteiger partial charge on any atom is 0.471 e. The lowest BCUT2D eigenvalue weighted by atomic mass is 9.94. The van der Waals surface area contributed by atoms with E-state index in [1.54, 1.807) is 5.32 Å². The van der Waals surface area contributed by atoms with Crippen LogP contribution >= 0.6 is 0 Å². The molecule has 0 aromatic heterocycles. The van der Waals surface area contributed by atoms with Crippen LogP contribution in [0.2, 0.25) is 0 Å². The topological polar surface area (TPSA) is 170 Å². The molecule has 4 amide bonds. The number of fused-ring (bicyclic) bond motifs is 1. The van der Waals surface area contributed by atoms with Gasteiger partial charge in [0.25, 0.3) is 0 Å². The zero-order chi connectivity index (χ0) is 29.1. The largest absolute Gasteiger partial charge is 0.471 e. The Bertz CT molecular complexity index is 1130. The van der Waals surface area contributed by atoms with E-state index < -0.39 is 54.5 Å². The molecule has 2 saturated heterocycles. The lowest BCUT2D eigenvalue weighted by molar-refractivity contribution is -0.175. The lowest BCUT2D eigenvalue weighted by Crippen LogP contribution is -2.56. The third-order valence-electron chi connectivity index (χ3n) is 7.74. The fourth-order valence-electron chi connectivity index (χ4n) is 5.50. The summed E-state index contributed by atoms with van der Waals surface area (Å²) in [7, 11) is 0. The Balaban J connectivity index is 1.79. The van der Waals surface area contributed by atoms with Gasteiger partial charge in [-0.25, -0.2) is 0 Å². The average Bonchev–Trinajstić information content (AvgIpc) is 3.20. The van der Waals surface area contributed by atoms with E-state index in [0.717, 1.165) is 6.20 Å². The van der Waals surface area contributed by atoms with Crippen molar-refractivity contribution in [1.82, 2.24) is 20.9 Å². The fraction of sp³-hybridized carbons (Fsp3) is 0.600. The number of allylic oxidation sites excluding steroid dienone is 1.